The third kappa shape index (κ3) is 3.45. The predicted molar refractivity (Wildman–Crippen MR) is 103 cm³/mol. The molecule has 3 aliphatic rings. The molecule has 156 valence electrons. The zero-order valence-electron chi connectivity index (χ0n) is 16.6. The molecule has 7 nitrogen and oxygen atoms in total. The van der Waals surface area contributed by atoms with Crippen LogP contribution in [0.1, 0.15) is 42.5 Å². The van der Waals surface area contributed by atoms with E-state index in [0.29, 0.717) is 19.4 Å². The van der Waals surface area contributed by atoms with E-state index in [2.05, 4.69) is 5.32 Å². The summed E-state index contributed by atoms with van der Waals surface area (Å²) in [6.07, 6.45) is 3.17. The van der Waals surface area contributed by atoms with Gasteiger partial charge in [0.15, 0.2) is 11.6 Å². The van der Waals surface area contributed by atoms with Crippen molar-refractivity contribution < 1.29 is 23.5 Å². The van der Waals surface area contributed by atoms with Gasteiger partial charge in [0.25, 0.3) is 5.91 Å². The third-order valence-electron chi connectivity index (χ3n) is 6.47. The molecule has 0 aromatic heterocycles. The van der Waals surface area contributed by atoms with Crippen molar-refractivity contribution in [3.05, 3.63) is 29.6 Å². The molecule has 1 N–H and O–H groups in total. The molecule has 3 saturated heterocycles. The first-order valence-electron chi connectivity index (χ1n) is 10.2. The number of hydrogen-bond donors (Lipinski definition) is 1. The molecule has 8 heteroatoms. The van der Waals surface area contributed by atoms with Crippen molar-refractivity contribution in [3.63, 3.8) is 0 Å². The molecule has 4 rings (SSSR count). The molecule has 3 aliphatic heterocycles. The van der Waals surface area contributed by atoms with E-state index in [1.807, 2.05) is 4.90 Å². The summed E-state index contributed by atoms with van der Waals surface area (Å²) in [5.41, 5.74) is -0.581. The van der Waals surface area contributed by atoms with Gasteiger partial charge in [-0.15, -0.1) is 0 Å². The van der Waals surface area contributed by atoms with Crippen LogP contribution in [0.15, 0.2) is 18.2 Å². The van der Waals surface area contributed by atoms with Crippen LogP contribution in [0.4, 0.5) is 4.39 Å². The highest BCUT2D eigenvalue weighted by Crippen LogP contribution is 2.40. The second-order valence-corrected chi connectivity index (χ2v) is 8.14. The Morgan fingerprint density at radius 1 is 1.21 bits per heavy atom. The molecule has 3 amide bonds. The second kappa shape index (κ2) is 7.65. The Morgan fingerprint density at radius 2 is 1.97 bits per heavy atom. The van der Waals surface area contributed by atoms with Gasteiger partial charge >= 0.3 is 0 Å². The van der Waals surface area contributed by atoms with Gasteiger partial charge in [-0.25, -0.2) is 4.39 Å². The molecule has 0 saturated carbocycles. The number of ether oxygens (including phenoxy) is 1. The maximum Gasteiger partial charge on any atom is 0.253 e. The van der Waals surface area contributed by atoms with E-state index in [-0.39, 0.29) is 48.0 Å². The average Bonchev–Trinajstić information content (AvgIpc) is 3.27. The molecule has 29 heavy (non-hydrogen) atoms. The molecule has 0 aliphatic carbocycles. The molecular weight excluding hydrogens is 377 g/mol. The fourth-order valence-electron chi connectivity index (χ4n) is 4.87. The topological polar surface area (TPSA) is 79.0 Å². The van der Waals surface area contributed by atoms with Crippen LogP contribution in [-0.2, 0) is 9.59 Å². The number of amides is 3. The summed E-state index contributed by atoms with van der Waals surface area (Å²) < 4.78 is 19.0. The number of hydrogen-bond acceptors (Lipinski definition) is 4. The summed E-state index contributed by atoms with van der Waals surface area (Å²) in [7, 11) is 1.37. The fraction of sp³-hybridized carbons (Fsp3) is 0.571. The van der Waals surface area contributed by atoms with Crippen molar-refractivity contribution in [1.82, 2.24) is 15.1 Å². The second-order valence-electron chi connectivity index (χ2n) is 8.14. The molecule has 0 spiro atoms. The Bertz CT molecular complexity index is 839. The molecule has 0 bridgehead atoms. The summed E-state index contributed by atoms with van der Waals surface area (Å²) in [4.78, 5) is 42.0. The Kier molecular flexibility index (Phi) is 5.19. The smallest absolute Gasteiger partial charge is 0.253 e. The van der Waals surface area contributed by atoms with Gasteiger partial charge in [0.05, 0.1) is 12.5 Å². The van der Waals surface area contributed by atoms with Crippen LogP contribution in [0.25, 0.3) is 0 Å². The number of carbonyl (C=O) groups is 3. The maximum absolute atomic E-state index is 14.1. The summed E-state index contributed by atoms with van der Waals surface area (Å²) in [5, 5.41) is 2.99. The number of carbonyl (C=O) groups excluding carboxylic acids is 3. The van der Waals surface area contributed by atoms with Crippen molar-refractivity contribution in [1.29, 1.82) is 0 Å². The van der Waals surface area contributed by atoms with E-state index < -0.39 is 11.2 Å². The number of nitrogens with zero attached hydrogens (tertiary/aromatic N) is 2. The van der Waals surface area contributed by atoms with Gasteiger partial charge in [0.2, 0.25) is 11.8 Å². The zero-order valence-corrected chi connectivity index (χ0v) is 16.6. The summed E-state index contributed by atoms with van der Waals surface area (Å²) >= 11 is 0. The monoisotopic (exact) mass is 403 g/mol. The lowest BCUT2D eigenvalue weighted by atomic mass is 9.69. The SMILES string of the molecule is COc1ccc(C(=O)N2CC[C@H]3NC(=O)CC[C@]3(C(=O)N3CCCC3)C2)cc1F. The van der Waals surface area contributed by atoms with Gasteiger partial charge in [0.1, 0.15) is 0 Å². The molecule has 1 aromatic carbocycles. The number of rotatable bonds is 3. The van der Waals surface area contributed by atoms with Gasteiger partial charge in [-0.1, -0.05) is 0 Å². The van der Waals surface area contributed by atoms with E-state index in [1.54, 1.807) is 4.90 Å². The van der Waals surface area contributed by atoms with E-state index in [1.165, 1.54) is 25.3 Å². The largest absolute Gasteiger partial charge is 0.494 e. The quantitative estimate of drug-likeness (QED) is 0.831. The number of fused-ring (bicyclic) bond motifs is 1. The molecule has 3 heterocycles. The minimum Gasteiger partial charge on any atom is -0.494 e. The van der Waals surface area contributed by atoms with Crippen molar-refractivity contribution in [2.24, 2.45) is 5.41 Å². The Labute approximate surface area is 169 Å². The predicted octanol–water partition coefficient (Wildman–Crippen LogP) is 1.57. The molecule has 1 aromatic rings. The Morgan fingerprint density at radius 3 is 2.66 bits per heavy atom. The number of methoxy groups -OCH3 is 1. The minimum atomic E-state index is -0.808. The molecule has 0 radical (unpaired) electrons. The highest BCUT2D eigenvalue weighted by Gasteiger charge is 2.54. The highest BCUT2D eigenvalue weighted by molar-refractivity contribution is 5.96. The normalized spacial score (nSPS) is 26.7. The fourth-order valence-corrected chi connectivity index (χ4v) is 4.87. The van der Waals surface area contributed by atoms with Crippen LogP contribution in [0.3, 0.4) is 0 Å². The number of likely N-dealkylation sites (tertiary alicyclic amines) is 2. The number of halogens is 1. The Balaban J connectivity index is 1.60. The molecular formula is C21H26FN3O4. The summed E-state index contributed by atoms with van der Waals surface area (Å²) in [6, 6.07) is 3.87. The Hall–Kier alpha value is -2.64. The molecule has 3 fully saturated rings. The summed E-state index contributed by atoms with van der Waals surface area (Å²) in [5.74, 6) is -0.845. The van der Waals surface area contributed by atoms with Crippen molar-refractivity contribution in [2.75, 3.05) is 33.3 Å². The standard InChI is InChI=1S/C21H26FN3O4/c1-29-16-5-4-14(12-15(16)22)19(27)25-11-7-17-21(13-25,8-6-18(26)23-17)20(28)24-9-2-3-10-24/h4-5,12,17H,2-3,6-11,13H2,1H3,(H,23,26)/t17-,21+/m1/s1. The lowest BCUT2D eigenvalue weighted by Gasteiger charge is -2.50. The van der Waals surface area contributed by atoms with Crippen molar-refractivity contribution in [3.8, 4) is 5.75 Å². The molecule has 0 unspecified atom stereocenters. The lowest BCUT2D eigenvalue weighted by Crippen LogP contribution is -2.67. The van der Waals surface area contributed by atoms with Gasteiger partial charge < -0.3 is 19.9 Å². The van der Waals surface area contributed by atoms with E-state index in [4.69, 9.17) is 4.74 Å². The highest BCUT2D eigenvalue weighted by atomic mass is 19.1. The van der Waals surface area contributed by atoms with Crippen molar-refractivity contribution in [2.45, 2.75) is 38.1 Å². The van der Waals surface area contributed by atoms with Crippen LogP contribution < -0.4 is 10.1 Å². The minimum absolute atomic E-state index is 0.0263. The average molecular weight is 403 g/mol. The lowest BCUT2D eigenvalue weighted by molar-refractivity contribution is -0.151. The van der Waals surface area contributed by atoms with Gasteiger partial charge in [-0.05, 0) is 43.9 Å². The van der Waals surface area contributed by atoms with Gasteiger partial charge in [0, 0.05) is 44.2 Å². The number of piperidine rings is 2. The van der Waals surface area contributed by atoms with E-state index in [9.17, 15) is 18.8 Å². The number of benzene rings is 1. The first-order valence-corrected chi connectivity index (χ1v) is 10.2. The first-order chi connectivity index (χ1) is 13.9. The van der Waals surface area contributed by atoms with E-state index in [0.717, 1.165) is 25.9 Å². The first kappa shape index (κ1) is 19.7. The third-order valence-corrected chi connectivity index (χ3v) is 6.47. The number of nitrogens with one attached hydrogen (secondary N) is 1. The van der Waals surface area contributed by atoms with Gasteiger partial charge in [-0.2, -0.15) is 0 Å². The summed E-state index contributed by atoms with van der Waals surface area (Å²) in [6.45, 7) is 2.09. The van der Waals surface area contributed by atoms with Crippen LogP contribution >= 0.6 is 0 Å². The van der Waals surface area contributed by atoms with Gasteiger partial charge in [-0.3, -0.25) is 14.4 Å². The molecule has 2 atom stereocenters. The maximum atomic E-state index is 14.1. The van der Waals surface area contributed by atoms with Crippen molar-refractivity contribution >= 4 is 17.7 Å². The van der Waals surface area contributed by atoms with Crippen LogP contribution in [0, 0.1) is 11.2 Å². The van der Waals surface area contributed by atoms with Crippen LogP contribution in [0.5, 0.6) is 5.75 Å². The zero-order chi connectivity index (χ0) is 20.6. The van der Waals surface area contributed by atoms with Crippen LogP contribution in [-0.4, -0.2) is 66.9 Å². The van der Waals surface area contributed by atoms with Crippen LogP contribution in [0.2, 0.25) is 0 Å². The van der Waals surface area contributed by atoms with E-state index >= 15 is 0 Å².